The fraction of sp³-hybridized carbons (Fsp3) is 0.250. The van der Waals surface area contributed by atoms with Gasteiger partial charge in [-0.05, 0) is 68.1 Å². The highest BCUT2D eigenvalue weighted by Gasteiger charge is 2.21. The number of para-hydroxylation sites is 2. The van der Waals surface area contributed by atoms with E-state index < -0.39 is 5.25 Å². The van der Waals surface area contributed by atoms with E-state index in [-0.39, 0.29) is 11.5 Å². The predicted molar refractivity (Wildman–Crippen MR) is 142 cm³/mol. The zero-order valence-electron chi connectivity index (χ0n) is 20.4. The minimum Gasteiger partial charge on any atom is -0.497 e. The van der Waals surface area contributed by atoms with Crippen molar-refractivity contribution in [1.29, 1.82) is 0 Å². The van der Waals surface area contributed by atoms with Crippen LogP contribution in [0.15, 0.2) is 76.7 Å². The van der Waals surface area contributed by atoms with E-state index in [0.717, 1.165) is 28.1 Å². The number of rotatable bonds is 8. The maximum absolute atomic E-state index is 13.6. The van der Waals surface area contributed by atoms with Crippen molar-refractivity contribution in [2.24, 2.45) is 0 Å². The Bertz CT molecular complexity index is 1390. The topological polar surface area (TPSA) is 73.2 Å². The number of carbonyl (C=O) groups is 1. The molecule has 0 radical (unpaired) electrons. The van der Waals surface area contributed by atoms with E-state index in [0.29, 0.717) is 29.0 Å². The molecule has 3 aromatic carbocycles. The largest absolute Gasteiger partial charge is 0.497 e. The fourth-order valence-electron chi connectivity index (χ4n) is 4.02. The molecule has 7 heteroatoms. The van der Waals surface area contributed by atoms with E-state index in [4.69, 9.17) is 9.72 Å². The molecule has 0 aliphatic heterocycles. The summed E-state index contributed by atoms with van der Waals surface area (Å²) < 4.78 is 6.84. The Morgan fingerprint density at radius 2 is 1.71 bits per heavy atom. The SMILES string of the molecule is COc1ccc(CCNC(=O)C(C)Sc2nc3ccccc3c(=O)n2-c2c(C)cccc2C)cc1. The average molecular weight is 488 g/mol. The third-order valence-corrected chi connectivity index (χ3v) is 6.98. The number of carbonyl (C=O) groups excluding carboxylic acids is 1. The molecule has 35 heavy (non-hydrogen) atoms. The number of methoxy groups -OCH3 is 1. The molecule has 6 nitrogen and oxygen atoms in total. The van der Waals surface area contributed by atoms with Gasteiger partial charge in [0.25, 0.3) is 5.56 Å². The van der Waals surface area contributed by atoms with Gasteiger partial charge in [-0.2, -0.15) is 0 Å². The van der Waals surface area contributed by atoms with Crippen LogP contribution in [0.25, 0.3) is 16.6 Å². The highest BCUT2D eigenvalue weighted by atomic mass is 32.2. The Morgan fingerprint density at radius 1 is 1.03 bits per heavy atom. The molecule has 4 aromatic rings. The van der Waals surface area contributed by atoms with Gasteiger partial charge in [0.05, 0.1) is 29.0 Å². The van der Waals surface area contributed by atoms with Gasteiger partial charge < -0.3 is 10.1 Å². The number of thioether (sulfide) groups is 1. The van der Waals surface area contributed by atoms with Crippen molar-refractivity contribution in [2.45, 2.75) is 37.6 Å². The number of benzene rings is 3. The molecule has 0 saturated heterocycles. The number of fused-ring (bicyclic) bond motifs is 1. The van der Waals surface area contributed by atoms with Crippen molar-refractivity contribution in [3.63, 3.8) is 0 Å². The maximum atomic E-state index is 13.6. The summed E-state index contributed by atoms with van der Waals surface area (Å²) in [6.07, 6.45) is 0.717. The highest BCUT2D eigenvalue weighted by Crippen LogP contribution is 2.28. The lowest BCUT2D eigenvalue weighted by Crippen LogP contribution is -2.33. The first-order valence-electron chi connectivity index (χ1n) is 11.5. The minimum atomic E-state index is -0.436. The summed E-state index contributed by atoms with van der Waals surface area (Å²) in [5, 5.41) is 3.63. The van der Waals surface area contributed by atoms with E-state index >= 15 is 0 Å². The first-order valence-corrected chi connectivity index (χ1v) is 12.4. The summed E-state index contributed by atoms with van der Waals surface area (Å²) >= 11 is 1.29. The lowest BCUT2D eigenvalue weighted by Gasteiger charge is -2.19. The summed E-state index contributed by atoms with van der Waals surface area (Å²) in [5.41, 5.74) is 4.36. The van der Waals surface area contributed by atoms with E-state index in [2.05, 4.69) is 5.32 Å². The molecule has 1 amide bonds. The predicted octanol–water partition coefficient (Wildman–Crippen LogP) is 4.85. The Kier molecular flexibility index (Phi) is 7.56. The minimum absolute atomic E-state index is 0.0982. The first-order chi connectivity index (χ1) is 16.9. The van der Waals surface area contributed by atoms with Crippen LogP contribution in [0.2, 0.25) is 0 Å². The van der Waals surface area contributed by atoms with E-state index in [9.17, 15) is 9.59 Å². The molecule has 1 aromatic heterocycles. The van der Waals surface area contributed by atoms with E-state index in [1.807, 2.05) is 81.4 Å². The smallest absolute Gasteiger partial charge is 0.266 e. The van der Waals surface area contributed by atoms with Gasteiger partial charge in [0, 0.05) is 6.54 Å². The van der Waals surface area contributed by atoms with Gasteiger partial charge in [0.15, 0.2) is 5.16 Å². The number of nitrogens with one attached hydrogen (secondary N) is 1. The van der Waals surface area contributed by atoms with Crippen LogP contribution in [0.1, 0.15) is 23.6 Å². The molecule has 0 aliphatic rings. The highest BCUT2D eigenvalue weighted by molar-refractivity contribution is 8.00. The number of ether oxygens (including phenoxy) is 1. The molecule has 180 valence electrons. The molecule has 4 rings (SSSR count). The molecule has 0 bridgehead atoms. The second-order valence-corrected chi connectivity index (χ2v) is 9.75. The van der Waals surface area contributed by atoms with Gasteiger partial charge >= 0.3 is 0 Å². The lowest BCUT2D eigenvalue weighted by molar-refractivity contribution is -0.120. The molecule has 1 atom stereocenters. The maximum Gasteiger partial charge on any atom is 0.266 e. The third-order valence-electron chi connectivity index (χ3n) is 5.93. The average Bonchev–Trinajstić information content (AvgIpc) is 2.86. The van der Waals surface area contributed by atoms with Crippen LogP contribution in [0.5, 0.6) is 5.75 Å². The van der Waals surface area contributed by atoms with Crippen molar-refractivity contribution in [1.82, 2.24) is 14.9 Å². The van der Waals surface area contributed by atoms with Crippen LogP contribution >= 0.6 is 11.8 Å². The number of amides is 1. The summed E-state index contributed by atoms with van der Waals surface area (Å²) in [5.74, 6) is 0.708. The van der Waals surface area contributed by atoms with Crippen LogP contribution in [-0.4, -0.2) is 34.4 Å². The lowest BCUT2D eigenvalue weighted by atomic mass is 10.1. The fourth-order valence-corrected chi connectivity index (χ4v) is 4.96. The van der Waals surface area contributed by atoms with Crippen LogP contribution in [0, 0.1) is 13.8 Å². The monoisotopic (exact) mass is 487 g/mol. The zero-order valence-corrected chi connectivity index (χ0v) is 21.2. The van der Waals surface area contributed by atoms with E-state index in [1.165, 1.54) is 11.8 Å². The number of aryl methyl sites for hydroxylation is 2. The molecule has 1 unspecified atom stereocenters. The summed E-state index contributed by atoms with van der Waals surface area (Å²) in [6, 6.07) is 21.1. The van der Waals surface area contributed by atoms with Crippen molar-refractivity contribution in [3.8, 4) is 11.4 Å². The van der Waals surface area contributed by atoms with Crippen molar-refractivity contribution in [3.05, 3.63) is 93.8 Å². The Morgan fingerprint density at radius 3 is 2.40 bits per heavy atom. The number of hydrogen-bond acceptors (Lipinski definition) is 5. The normalized spacial score (nSPS) is 11.9. The van der Waals surface area contributed by atoms with Gasteiger partial charge in [0.1, 0.15) is 5.75 Å². The molecule has 0 fully saturated rings. The van der Waals surface area contributed by atoms with Gasteiger partial charge in [-0.15, -0.1) is 0 Å². The Labute approximate surface area is 209 Å². The number of aromatic nitrogens is 2. The van der Waals surface area contributed by atoms with Crippen LogP contribution in [0.4, 0.5) is 0 Å². The third kappa shape index (κ3) is 5.41. The van der Waals surface area contributed by atoms with Crippen LogP contribution < -0.4 is 15.6 Å². The quantitative estimate of drug-likeness (QED) is 0.284. The van der Waals surface area contributed by atoms with Crippen LogP contribution in [0.3, 0.4) is 0 Å². The van der Waals surface area contributed by atoms with Gasteiger partial charge in [0.2, 0.25) is 5.91 Å². The summed E-state index contributed by atoms with van der Waals surface area (Å²) in [7, 11) is 1.64. The molecular formula is C28H29N3O3S. The van der Waals surface area contributed by atoms with Gasteiger partial charge in [-0.3, -0.25) is 14.2 Å². The number of nitrogens with zero attached hydrogens (tertiary/aromatic N) is 2. The van der Waals surface area contributed by atoms with Crippen molar-refractivity contribution >= 4 is 28.6 Å². The van der Waals surface area contributed by atoms with Gasteiger partial charge in [-0.1, -0.05) is 54.2 Å². The zero-order chi connectivity index (χ0) is 24.9. The molecular weight excluding hydrogens is 458 g/mol. The standard InChI is InChI=1S/C28H29N3O3S/c1-18-8-7-9-19(2)25(18)31-27(33)23-10-5-6-11-24(23)30-28(31)35-20(3)26(32)29-17-16-21-12-14-22(34-4)15-13-21/h5-15,20H,16-17H2,1-4H3,(H,29,32). The molecule has 0 aliphatic carbocycles. The molecule has 0 saturated carbocycles. The molecule has 1 heterocycles. The molecule has 1 N–H and O–H groups in total. The second-order valence-electron chi connectivity index (χ2n) is 8.44. The Hall–Kier alpha value is -3.58. The summed E-state index contributed by atoms with van der Waals surface area (Å²) in [6.45, 7) is 6.32. The Balaban J connectivity index is 1.58. The number of hydrogen-bond donors (Lipinski definition) is 1. The van der Waals surface area contributed by atoms with E-state index in [1.54, 1.807) is 17.7 Å². The van der Waals surface area contributed by atoms with Crippen LogP contribution in [-0.2, 0) is 11.2 Å². The summed E-state index contributed by atoms with van der Waals surface area (Å²) in [4.78, 5) is 31.3. The van der Waals surface area contributed by atoms with Gasteiger partial charge in [-0.25, -0.2) is 4.98 Å². The first kappa shape index (κ1) is 24.5. The molecule has 0 spiro atoms. The van der Waals surface area contributed by atoms with Crippen molar-refractivity contribution < 1.29 is 9.53 Å². The van der Waals surface area contributed by atoms with Crippen molar-refractivity contribution in [2.75, 3.05) is 13.7 Å². The second kappa shape index (κ2) is 10.8.